The molecule has 1 fully saturated rings. The summed E-state index contributed by atoms with van der Waals surface area (Å²) in [7, 11) is 0. The summed E-state index contributed by atoms with van der Waals surface area (Å²) < 4.78 is 1.18. The normalized spacial score (nSPS) is 17.5. The van der Waals surface area contributed by atoms with Crippen molar-refractivity contribution in [1.82, 2.24) is 0 Å². The van der Waals surface area contributed by atoms with Crippen molar-refractivity contribution >= 4 is 39.9 Å². The number of anilines is 1. The molecule has 15 heavy (non-hydrogen) atoms. The van der Waals surface area contributed by atoms with E-state index in [4.69, 9.17) is 11.6 Å². The number of halogens is 2. The van der Waals surface area contributed by atoms with E-state index < -0.39 is 0 Å². The monoisotopic (exact) mass is 335 g/mol. The van der Waals surface area contributed by atoms with Crippen LogP contribution in [0.1, 0.15) is 26.2 Å². The second-order valence-corrected chi connectivity index (χ2v) is 5.77. The van der Waals surface area contributed by atoms with Crippen LogP contribution in [0.15, 0.2) is 18.2 Å². The van der Waals surface area contributed by atoms with Gasteiger partial charge in [0.1, 0.15) is 0 Å². The molecule has 0 saturated heterocycles. The molecule has 3 heteroatoms. The Morgan fingerprint density at radius 3 is 2.80 bits per heavy atom. The maximum atomic E-state index is 6.19. The molecule has 1 aromatic rings. The largest absolute Gasteiger partial charge is 0.381 e. The predicted octanol–water partition coefficient (Wildman–Crippen LogP) is 4.55. The van der Waals surface area contributed by atoms with Gasteiger partial charge in [0.25, 0.3) is 0 Å². The summed E-state index contributed by atoms with van der Waals surface area (Å²) in [4.78, 5) is 0. The minimum absolute atomic E-state index is 0.600. The van der Waals surface area contributed by atoms with E-state index >= 15 is 0 Å². The first kappa shape index (κ1) is 11.5. The third kappa shape index (κ3) is 3.00. The van der Waals surface area contributed by atoms with Gasteiger partial charge in [-0.3, -0.25) is 0 Å². The van der Waals surface area contributed by atoms with Gasteiger partial charge in [-0.05, 0) is 66.0 Å². The van der Waals surface area contributed by atoms with Crippen LogP contribution in [0.25, 0.3) is 0 Å². The average molecular weight is 336 g/mol. The summed E-state index contributed by atoms with van der Waals surface area (Å²) in [5.74, 6) is 0.866. The van der Waals surface area contributed by atoms with Gasteiger partial charge in [0, 0.05) is 9.61 Å². The molecule has 2 rings (SSSR count). The summed E-state index contributed by atoms with van der Waals surface area (Å²) in [5, 5.41) is 4.39. The lowest BCUT2D eigenvalue weighted by Gasteiger charge is -2.18. The molecule has 0 amide bonds. The zero-order chi connectivity index (χ0) is 10.8. The Hall–Kier alpha value is 0.0400. The van der Waals surface area contributed by atoms with E-state index in [2.05, 4.69) is 47.0 Å². The highest BCUT2D eigenvalue weighted by Gasteiger charge is 2.29. The quantitative estimate of drug-likeness (QED) is 0.796. The van der Waals surface area contributed by atoms with Gasteiger partial charge in [-0.2, -0.15) is 0 Å². The molecule has 0 aliphatic heterocycles. The molecule has 0 radical (unpaired) electrons. The first-order chi connectivity index (χ1) is 7.20. The first-order valence-corrected chi connectivity index (χ1v) is 6.88. The van der Waals surface area contributed by atoms with Crippen molar-refractivity contribution in [1.29, 1.82) is 0 Å². The fourth-order valence-electron chi connectivity index (χ4n) is 1.86. The lowest BCUT2D eigenvalue weighted by molar-refractivity contribution is 0.616. The standard InChI is InChI=1S/C12H15ClIN/c1-2-11(8-3-4-8)15-12-6-5-9(14)7-10(12)13/h5-8,11,15H,2-4H2,1H3. The molecule has 1 aliphatic carbocycles. The summed E-state index contributed by atoms with van der Waals surface area (Å²) in [5.41, 5.74) is 1.08. The van der Waals surface area contributed by atoms with Crippen molar-refractivity contribution in [2.45, 2.75) is 32.2 Å². The lowest BCUT2D eigenvalue weighted by atomic mass is 10.1. The van der Waals surface area contributed by atoms with Gasteiger partial charge in [0.05, 0.1) is 10.7 Å². The first-order valence-electron chi connectivity index (χ1n) is 5.42. The molecule has 0 spiro atoms. The van der Waals surface area contributed by atoms with E-state index in [0.29, 0.717) is 6.04 Å². The van der Waals surface area contributed by atoms with Crippen molar-refractivity contribution < 1.29 is 0 Å². The van der Waals surface area contributed by atoms with Crippen LogP contribution in [0.3, 0.4) is 0 Å². The van der Waals surface area contributed by atoms with Crippen LogP contribution in [-0.4, -0.2) is 6.04 Å². The van der Waals surface area contributed by atoms with Crippen LogP contribution >= 0.6 is 34.2 Å². The van der Waals surface area contributed by atoms with Crippen molar-refractivity contribution in [2.75, 3.05) is 5.32 Å². The molecule has 0 heterocycles. The van der Waals surface area contributed by atoms with E-state index in [1.807, 2.05) is 6.07 Å². The summed E-state index contributed by atoms with van der Waals surface area (Å²) >= 11 is 8.47. The Balaban J connectivity index is 2.08. The second-order valence-electron chi connectivity index (χ2n) is 4.12. The van der Waals surface area contributed by atoms with E-state index in [9.17, 15) is 0 Å². The van der Waals surface area contributed by atoms with Gasteiger partial charge in [-0.25, -0.2) is 0 Å². The SMILES string of the molecule is CCC(Nc1ccc(I)cc1Cl)C1CC1. The maximum absolute atomic E-state index is 6.19. The fraction of sp³-hybridized carbons (Fsp3) is 0.500. The topological polar surface area (TPSA) is 12.0 Å². The predicted molar refractivity (Wildman–Crippen MR) is 74.6 cm³/mol. The number of hydrogen-bond donors (Lipinski definition) is 1. The molecule has 1 aliphatic rings. The minimum atomic E-state index is 0.600. The van der Waals surface area contributed by atoms with Crippen LogP contribution in [0.2, 0.25) is 5.02 Å². The molecular formula is C12H15ClIN. The average Bonchev–Trinajstić information content (AvgIpc) is 3.00. The van der Waals surface area contributed by atoms with Crippen LogP contribution in [0, 0.1) is 9.49 Å². The van der Waals surface area contributed by atoms with Gasteiger partial charge < -0.3 is 5.32 Å². The number of nitrogens with one attached hydrogen (secondary N) is 1. The molecule has 1 aromatic carbocycles. The highest BCUT2D eigenvalue weighted by Crippen LogP contribution is 2.36. The molecule has 1 unspecified atom stereocenters. The van der Waals surface area contributed by atoms with Crippen LogP contribution in [-0.2, 0) is 0 Å². The highest BCUT2D eigenvalue weighted by atomic mass is 127. The Labute approximate surface area is 110 Å². The smallest absolute Gasteiger partial charge is 0.0648 e. The zero-order valence-corrected chi connectivity index (χ0v) is 11.7. The zero-order valence-electron chi connectivity index (χ0n) is 8.76. The molecule has 0 bridgehead atoms. The van der Waals surface area contributed by atoms with Gasteiger partial charge in [0.15, 0.2) is 0 Å². The summed E-state index contributed by atoms with van der Waals surface area (Å²) in [6, 6.07) is 6.77. The minimum Gasteiger partial charge on any atom is -0.381 e. The fourth-order valence-corrected chi connectivity index (χ4v) is 2.77. The van der Waals surface area contributed by atoms with Gasteiger partial charge in [0.2, 0.25) is 0 Å². The molecule has 1 atom stereocenters. The number of rotatable bonds is 4. The molecule has 0 aromatic heterocycles. The molecule has 1 nitrogen and oxygen atoms in total. The van der Waals surface area contributed by atoms with E-state index in [1.54, 1.807) is 0 Å². The highest BCUT2D eigenvalue weighted by molar-refractivity contribution is 14.1. The van der Waals surface area contributed by atoms with Crippen LogP contribution < -0.4 is 5.32 Å². The molecule has 82 valence electrons. The van der Waals surface area contributed by atoms with Crippen molar-refractivity contribution in [3.63, 3.8) is 0 Å². The van der Waals surface area contributed by atoms with Gasteiger partial charge in [-0.15, -0.1) is 0 Å². The molecule has 1 saturated carbocycles. The summed E-state index contributed by atoms with van der Waals surface area (Å²) in [6.45, 7) is 2.23. The lowest BCUT2D eigenvalue weighted by Crippen LogP contribution is -2.20. The Bertz CT molecular complexity index is 349. The van der Waals surface area contributed by atoms with Crippen LogP contribution in [0.5, 0.6) is 0 Å². The number of benzene rings is 1. The molecular weight excluding hydrogens is 320 g/mol. The Morgan fingerprint density at radius 1 is 1.53 bits per heavy atom. The Kier molecular flexibility index (Phi) is 3.78. The van der Waals surface area contributed by atoms with E-state index in [1.165, 1.54) is 22.8 Å². The number of hydrogen-bond acceptors (Lipinski definition) is 1. The van der Waals surface area contributed by atoms with Crippen LogP contribution in [0.4, 0.5) is 5.69 Å². The van der Waals surface area contributed by atoms with Crippen molar-refractivity contribution in [3.8, 4) is 0 Å². The summed E-state index contributed by atoms with van der Waals surface area (Å²) in [6.07, 6.45) is 3.91. The Morgan fingerprint density at radius 2 is 2.27 bits per heavy atom. The van der Waals surface area contributed by atoms with Crippen molar-refractivity contribution in [2.24, 2.45) is 5.92 Å². The van der Waals surface area contributed by atoms with Crippen molar-refractivity contribution in [3.05, 3.63) is 26.8 Å². The van der Waals surface area contributed by atoms with E-state index in [-0.39, 0.29) is 0 Å². The molecule has 1 N–H and O–H groups in total. The second kappa shape index (κ2) is 4.91. The third-order valence-corrected chi connectivity index (χ3v) is 3.89. The van der Waals surface area contributed by atoms with E-state index in [0.717, 1.165) is 16.6 Å². The maximum Gasteiger partial charge on any atom is 0.0648 e. The van der Waals surface area contributed by atoms with Gasteiger partial charge in [-0.1, -0.05) is 18.5 Å². The van der Waals surface area contributed by atoms with Gasteiger partial charge >= 0.3 is 0 Å². The third-order valence-electron chi connectivity index (χ3n) is 2.90.